The lowest BCUT2D eigenvalue weighted by molar-refractivity contribution is -0.159. The minimum Gasteiger partial charge on any atom is -0.496 e. The first-order valence-electron chi connectivity index (χ1n) is 10.4. The van der Waals surface area contributed by atoms with E-state index in [0.29, 0.717) is 25.8 Å². The average molecular weight is 416 g/mol. The number of carbonyl (C=O) groups is 4. The fraction of sp³-hybridized carbons (Fsp3) is 0.545. The number of nitrogens with zero attached hydrogens (tertiary/aromatic N) is 1. The number of hydrogen-bond acceptors (Lipinski definition) is 6. The molecule has 1 heterocycles. The molecule has 0 bridgehead atoms. The smallest absolute Gasteiger partial charge is 0.329 e. The van der Waals surface area contributed by atoms with Gasteiger partial charge in [0.1, 0.15) is 11.8 Å². The van der Waals surface area contributed by atoms with Crippen molar-refractivity contribution in [2.75, 3.05) is 20.3 Å². The van der Waals surface area contributed by atoms with Gasteiger partial charge < -0.3 is 14.8 Å². The SMILES string of the molecule is COc1ccccc1CCNC(=O)COC(=O)[C@H](C)N1C(=O)[C@H]2CCCC[C@H]2C1=O. The summed E-state index contributed by atoms with van der Waals surface area (Å²) in [6.07, 6.45) is 3.77. The van der Waals surface area contributed by atoms with Crippen LogP contribution >= 0.6 is 0 Å². The molecule has 0 spiro atoms. The third-order valence-electron chi connectivity index (χ3n) is 5.86. The van der Waals surface area contributed by atoms with Crippen LogP contribution in [0.25, 0.3) is 0 Å². The number of methoxy groups -OCH3 is 1. The van der Waals surface area contributed by atoms with Crippen LogP contribution in [0.4, 0.5) is 0 Å². The van der Waals surface area contributed by atoms with E-state index in [1.165, 1.54) is 6.92 Å². The lowest BCUT2D eigenvalue weighted by atomic mass is 9.81. The summed E-state index contributed by atoms with van der Waals surface area (Å²) >= 11 is 0. The average Bonchev–Trinajstić information content (AvgIpc) is 3.02. The number of para-hydroxylation sites is 1. The number of nitrogens with one attached hydrogen (secondary N) is 1. The summed E-state index contributed by atoms with van der Waals surface area (Å²) in [5.74, 6) is -1.69. The summed E-state index contributed by atoms with van der Waals surface area (Å²) in [7, 11) is 1.59. The zero-order valence-corrected chi connectivity index (χ0v) is 17.4. The predicted octanol–water partition coefficient (Wildman–Crippen LogP) is 1.46. The third kappa shape index (κ3) is 4.63. The highest BCUT2D eigenvalue weighted by atomic mass is 16.5. The molecule has 2 aliphatic rings. The first-order chi connectivity index (χ1) is 14.4. The third-order valence-corrected chi connectivity index (χ3v) is 5.86. The Labute approximate surface area is 175 Å². The molecule has 1 aromatic rings. The molecule has 1 aliphatic carbocycles. The number of rotatable bonds is 8. The van der Waals surface area contributed by atoms with Crippen LogP contribution < -0.4 is 10.1 Å². The van der Waals surface area contributed by atoms with Crippen LogP contribution in [0.3, 0.4) is 0 Å². The van der Waals surface area contributed by atoms with Crippen LogP contribution in [0.5, 0.6) is 5.75 Å². The number of carbonyl (C=O) groups excluding carboxylic acids is 4. The second kappa shape index (κ2) is 9.73. The first-order valence-corrected chi connectivity index (χ1v) is 10.4. The van der Waals surface area contributed by atoms with Gasteiger partial charge in [-0.25, -0.2) is 4.79 Å². The number of hydrogen-bond donors (Lipinski definition) is 1. The highest BCUT2D eigenvalue weighted by Gasteiger charge is 2.51. The van der Waals surface area contributed by atoms with Gasteiger partial charge in [-0.2, -0.15) is 0 Å². The largest absolute Gasteiger partial charge is 0.496 e. The van der Waals surface area contributed by atoms with Crippen molar-refractivity contribution in [3.63, 3.8) is 0 Å². The van der Waals surface area contributed by atoms with E-state index in [1.807, 2.05) is 24.3 Å². The van der Waals surface area contributed by atoms with Crippen molar-refractivity contribution in [1.29, 1.82) is 0 Å². The topological polar surface area (TPSA) is 102 Å². The van der Waals surface area contributed by atoms with Crippen LogP contribution in [-0.2, 0) is 30.3 Å². The van der Waals surface area contributed by atoms with Gasteiger partial charge in [0.2, 0.25) is 11.8 Å². The molecule has 1 saturated carbocycles. The molecule has 1 aromatic carbocycles. The Morgan fingerprint density at radius 3 is 2.40 bits per heavy atom. The number of esters is 1. The van der Waals surface area contributed by atoms with Crippen LogP contribution in [0.2, 0.25) is 0 Å². The molecule has 8 nitrogen and oxygen atoms in total. The Bertz CT molecular complexity index is 800. The van der Waals surface area contributed by atoms with E-state index in [2.05, 4.69) is 5.32 Å². The molecule has 1 N–H and O–H groups in total. The number of ether oxygens (including phenoxy) is 2. The van der Waals surface area contributed by atoms with Crippen molar-refractivity contribution >= 4 is 23.7 Å². The van der Waals surface area contributed by atoms with Crippen LogP contribution in [-0.4, -0.2) is 54.9 Å². The van der Waals surface area contributed by atoms with E-state index in [9.17, 15) is 19.2 Å². The maximum atomic E-state index is 12.6. The van der Waals surface area contributed by atoms with Crippen molar-refractivity contribution in [2.45, 2.75) is 45.1 Å². The second-order valence-corrected chi connectivity index (χ2v) is 7.74. The summed E-state index contributed by atoms with van der Waals surface area (Å²) in [5, 5.41) is 2.69. The standard InChI is InChI=1S/C22H28N2O6/c1-14(24-20(26)16-8-4-5-9-17(16)21(24)27)22(28)30-13-19(25)23-12-11-15-7-3-6-10-18(15)29-2/h3,6-7,10,14,16-17H,4-5,8-9,11-13H2,1-2H3,(H,23,25)/t14-,16-,17+/m0/s1. The Morgan fingerprint density at radius 1 is 1.13 bits per heavy atom. The molecule has 0 radical (unpaired) electrons. The number of imide groups is 1. The number of benzene rings is 1. The molecule has 1 aliphatic heterocycles. The van der Waals surface area contributed by atoms with E-state index in [0.717, 1.165) is 29.1 Å². The normalized spacial score (nSPS) is 21.7. The van der Waals surface area contributed by atoms with E-state index >= 15 is 0 Å². The fourth-order valence-electron chi connectivity index (χ4n) is 4.23. The Kier molecular flexibility index (Phi) is 7.07. The lowest BCUT2D eigenvalue weighted by Crippen LogP contribution is -2.45. The van der Waals surface area contributed by atoms with Gasteiger partial charge in [0.05, 0.1) is 18.9 Å². The number of fused-ring (bicyclic) bond motifs is 1. The van der Waals surface area contributed by atoms with Crippen LogP contribution in [0.1, 0.15) is 38.2 Å². The van der Waals surface area contributed by atoms with Crippen molar-refractivity contribution in [3.05, 3.63) is 29.8 Å². The summed E-state index contributed by atoms with van der Waals surface area (Å²) in [6.45, 7) is 1.37. The van der Waals surface area contributed by atoms with E-state index in [-0.39, 0.29) is 23.7 Å². The Hall–Kier alpha value is -2.90. The molecule has 1 saturated heterocycles. The number of likely N-dealkylation sites (tertiary alicyclic amines) is 1. The van der Waals surface area contributed by atoms with Gasteiger partial charge in [-0.1, -0.05) is 31.0 Å². The Morgan fingerprint density at radius 2 is 1.77 bits per heavy atom. The van der Waals surface area contributed by atoms with Gasteiger partial charge in [-0.3, -0.25) is 19.3 Å². The lowest BCUT2D eigenvalue weighted by Gasteiger charge is -2.21. The van der Waals surface area contributed by atoms with E-state index in [4.69, 9.17) is 9.47 Å². The van der Waals surface area contributed by atoms with E-state index < -0.39 is 24.5 Å². The molecule has 30 heavy (non-hydrogen) atoms. The molecule has 0 unspecified atom stereocenters. The molecule has 2 fully saturated rings. The van der Waals surface area contributed by atoms with Gasteiger partial charge in [0, 0.05) is 6.54 Å². The van der Waals surface area contributed by atoms with Crippen molar-refractivity contribution < 1.29 is 28.7 Å². The molecule has 3 amide bonds. The van der Waals surface area contributed by atoms with Gasteiger partial charge in [-0.05, 0) is 37.8 Å². The monoisotopic (exact) mass is 416 g/mol. The molecule has 0 aromatic heterocycles. The maximum absolute atomic E-state index is 12.6. The minimum atomic E-state index is -1.03. The van der Waals surface area contributed by atoms with E-state index in [1.54, 1.807) is 7.11 Å². The van der Waals surface area contributed by atoms with Gasteiger partial charge in [-0.15, -0.1) is 0 Å². The predicted molar refractivity (Wildman–Crippen MR) is 107 cm³/mol. The first kappa shape index (κ1) is 21.8. The highest BCUT2D eigenvalue weighted by Crippen LogP contribution is 2.38. The zero-order valence-electron chi connectivity index (χ0n) is 17.4. The van der Waals surface area contributed by atoms with Gasteiger partial charge >= 0.3 is 5.97 Å². The molecule has 162 valence electrons. The zero-order chi connectivity index (χ0) is 21.7. The molecule has 3 atom stereocenters. The van der Waals surface area contributed by atoms with Crippen molar-refractivity contribution in [1.82, 2.24) is 10.2 Å². The quantitative estimate of drug-likeness (QED) is 0.509. The maximum Gasteiger partial charge on any atom is 0.329 e. The summed E-state index contributed by atoms with van der Waals surface area (Å²) in [4.78, 5) is 50.5. The molecular formula is C22H28N2O6. The fourth-order valence-corrected chi connectivity index (χ4v) is 4.23. The van der Waals surface area contributed by atoms with Crippen molar-refractivity contribution in [2.24, 2.45) is 11.8 Å². The minimum absolute atomic E-state index is 0.296. The molecule has 3 rings (SSSR count). The van der Waals surface area contributed by atoms with Crippen molar-refractivity contribution in [3.8, 4) is 5.75 Å². The van der Waals surface area contributed by atoms with Crippen LogP contribution in [0.15, 0.2) is 24.3 Å². The second-order valence-electron chi connectivity index (χ2n) is 7.74. The summed E-state index contributed by atoms with van der Waals surface area (Å²) in [5.41, 5.74) is 0.957. The Balaban J connectivity index is 1.45. The molecular weight excluding hydrogens is 388 g/mol. The van der Waals surface area contributed by atoms with Gasteiger partial charge in [0.25, 0.3) is 5.91 Å². The summed E-state index contributed by atoms with van der Waals surface area (Å²) < 4.78 is 10.3. The van der Waals surface area contributed by atoms with Crippen LogP contribution in [0, 0.1) is 11.8 Å². The number of amides is 3. The van der Waals surface area contributed by atoms with Gasteiger partial charge in [0.15, 0.2) is 6.61 Å². The summed E-state index contributed by atoms with van der Waals surface area (Å²) in [6, 6.07) is 6.48. The molecule has 8 heteroatoms. The highest BCUT2D eigenvalue weighted by molar-refractivity contribution is 6.07.